The Labute approximate surface area is 198 Å². The summed E-state index contributed by atoms with van der Waals surface area (Å²) in [5, 5.41) is 5.61. The van der Waals surface area contributed by atoms with Gasteiger partial charge in [0.1, 0.15) is 5.75 Å². The molecule has 0 radical (unpaired) electrons. The van der Waals surface area contributed by atoms with Gasteiger partial charge in [0.15, 0.2) is 0 Å². The molecule has 1 fully saturated rings. The van der Waals surface area contributed by atoms with Crippen LogP contribution in [0.3, 0.4) is 0 Å². The minimum atomic E-state index is -0.273. The summed E-state index contributed by atoms with van der Waals surface area (Å²) in [5.74, 6) is 0.213. The number of nitrogens with zero attached hydrogens (tertiary/aromatic N) is 2. The largest absolute Gasteiger partial charge is 0.495 e. The van der Waals surface area contributed by atoms with E-state index < -0.39 is 0 Å². The number of methoxy groups -OCH3 is 1. The lowest BCUT2D eigenvalue weighted by Crippen LogP contribution is -2.47. The van der Waals surface area contributed by atoms with Crippen LogP contribution in [0.1, 0.15) is 15.9 Å². The van der Waals surface area contributed by atoms with E-state index in [1.54, 1.807) is 18.2 Å². The summed E-state index contributed by atoms with van der Waals surface area (Å²) >= 11 is 1.21. The Kier molecular flexibility index (Phi) is 8.73. The molecule has 0 spiro atoms. The molecule has 0 bridgehead atoms. The van der Waals surface area contributed by atoms with Gasteiger partial charge in [0.2, 0.25) is 11.8 Å². The van der Waals surface area contributed by atoms with Crippen LogP contribution in [0.2, 0.25) is 0 Å². The fraction of sp³-hybridized carbons (Fsp3) is 0.375. The number of piperazine rings is 1. The van der Waals surface area contributed by atoms with Crippen LogP contribution in [-0.4, -0.2) is 79.4 Å². The van der Waals surface area contributed by atoms with Gasteiger partial charge in [-0.15, -0.1) is 11.8 Å². The Morgan fingerprint density at radius 1 is 0.939 bits per heavy atom. The molecule has 3 amide bonds. The maximum absolute atomic E-state index is 12.9. The van der Waals surface area contributed by atoms with Crippen molar-refractivity contribution in [2.24, 2.45) is 0 Å². The summed E-state index contributed by atoms with van der Waals surface area (Å²) in [6.45, 7) is 4.99. The van der Waals surface area contributed by atoms with Crippen molar-refractivity contribution >= 4 is 40.9 Å². The third-order valence-electron chi connectivity index (χ3n) is 5.31. The van der Waals surface area contributed by atoms with Crippen LogP contribution in [0.25, 0.3) is 0 Å². The molecule has 0 unspecified atom stereocenters. The molecule has 2 aromatic rings. The van der Waals surface area contributed by atoms with Crippen molar-refractivity contribution in [2.75, 3.05) is 62.5 Å². The number of benzene rings is 2. The second kappa shape index (κ2) is 11.7. The van der Waals surface area contributed by atoms with Gasteiger partial charge in [-0.25, -0.2) is 0 Å². The first-order valence-corrected chi connectivity index (χ1v) is 11.9. The summed E-state index contributed by atoms with van der Waals surface area (Å²) < 4.78 is 5.34. The third kappa shape index (κ3) is 7.23. The highest BCUT2D eigenvalue weighted by Crippen LogP contribution is 2.26. The maximum atomic E-state index is 12.9. The Hall–Kier alpha value is -3.04. The fourth-order valence-corrected chi connectivity index (χ4v) is 4.00. The highest BCUT2D eigenvalue weighted by molar-refractivity contribution is 8.00. The Balaban J connectivity index is 1.52. The smallest absolute Gasteiger partial charge is 0.254 e. The average molecular weight is 471 g/mol. The van der Waals surface area contributed by atoms with Crippen molar-refractivity contribution in [1.82, 2.24) is 9.80 Å². The second-order valence-electron chi connectivity index (χ2n) is 7.97. The van der Waals surface area contributed by atoms with Gasteiger partial charge in [-0.2, -0.15) is 0 Å². The van der Waals surface area contributed by atoms with Gasteiger partial charge >= 0.3 is 0 Å². The highest BCUT2D eigenvalue weighted by atomic mass is 32.2. The first-order chi connectivity index (χ1) is 15.9. The summed E-state index contributed by atoms with van der Waals surface area (Å²) in [7, 11) is 3.55. The predicted molar refractivity (Wildman–Crippen MR) is 132 cm³/mol. The molecule has 1 aliphatic rings. The molecule has 1 aliphatic heterocycles. The molecule has 0 atom stereocenters. The number of nitrogens with one attached hydrogen (secondary N) is 2. The van der Waals surface area contributed by atoms with E-state index in [0.717, 1.165) is 24.3 Å². The quantitative estimate of drug-likeness (QED) is 0.617. The lowest BCUT2D eigenvalue weighted by atomic mass is 10.1. The van der Waals surface area contributed by atoms with Crippen LogP contribution >= 0.6 is 11.8 Å². The SMILES string of the molecule is COc1ccc(C(=O)N2CCN(C)CC2)cc1NC(=O)CSCC(=O)Nc1ccc(C)cc1. The number of aryl methyl sites for hydroxylation is 1. The molecule has 176 valence electrons. The zero-order chi connectivity index (χ0) is 23.8. The van der Waals surface area contributed by atoms with Gasteiger partial charge in [0.25, 0.3) is 5.91 Å². The minimum Gasteiger partial charge on any atom is -0.495 e. The van der Waals surface area contributed by atoms with Crippen molar-refractivity contribution in [1.29, 1.82) is 0 Å². The van der Waals surface area contributed by atoms with Crippen molar-refractivity contribution in [2.45, 2.75) is 6.92 Å². The summed E-state index contributed by atoms with van der Waals surface area (Å²) in [5.41, 5.74) is 2.78. The van der Waals surface area contributed by atoms with E-state index in [2.05, 4.69) is 15.5 Å². The number of rotatable bonds is 8. The minimum absolute atomic E-state index is 0.0663. The number of ether oxygens (including phenoxy) is 1. The Morgan fingerprint density at radius 3 is 2.21 bits per heavy atom. The molecule has 0 saturated carbocycles. The maximum Gasteiger partial charge on any atom is 0.254 e. The van der Waals surface area contributed by atoms with Crippen LogP contribution < -0.4 is 15.4 Å². The van der Waals surface area contributed by atoms with Crippen molar-refractivity contribution in [3.8, 4) is 5.75 Å². The van der Waals surface area contributed by atoms with Gasteiger partial charge in [-0.3, -0.25) is 14.4 Å². The molecule has 1 heterocycles. The van der Waals surface area contributed by atoms with Gasteiger partial charge < -0.3 is 25.2 Å². The fourth-order valence-electron chi connectivity index (χ4n) is 3.39. The average Bonchev–Trinajstić information content (AvgIpc) is 2.80. The highest BCUT2D eigenvalue weighted by Gasteiger charge is 2.21. The first-order valence-electron chi connectivity index (χ1n) is 10.8. The molecule has 0 aliphatic carbocycles. The number of hydrogen-bond acceptors (Lipinski definition) is 6. The van der Waals surface area contributed by atoms with E-state index in [9.17, 15) is 14.4 Å². The van der Waals surface area contributed by atoms with Crippen LogP contribution in [0.5, 0.6) is 5.75 Å². The molecular formula is C24H30N4O4S. The Morgan fingerprint density at radius 2 is 1.58 bits per heavy atom. The second-order valence-corrected chi connectivity index (χ2v) is 8.95. The van der Waals surface area contributed by atoms with Crippen molar-refractivity contribution in [3.63, 3.8) is 0 Å². The van der Waals surface area contributed by atoms with E-state index >= 15 is 0 Å². The number of carbonyl (C=O) groups excluding carboxylic acids is 3. The lowest BCUT2D eigenvalue weighted by Gasteiger charge is -2.32. The number of carbonyl (C=O) groups is 3. The number of anilines is 2. The predicted octanol–water partition coefficient (Wildman–Crippen LogP) is 2.70. The van der Waals surface area contributed by atoms with Crippen molar-refractivity contribution in [3.05, 3.63) is 53.6 Å². The lowest BCUT2D eigenvalue weighted by molar-refractivity contribution is -0.114. The van der Waals surface area contributed by atoms with Crippen LogP contribution in [-0.2, 0) is 9.59 Å². The van der Waals surface area contributed by atoms with E-state index in [0.29, 0.717) is 30.1 Å². The normalized spacial score (nSPS) is 14.0. The topological polar surface area (TPSA) is 91.0 Å². The molecule has 0 aromatic heterocycles. The van der Waals surface area contributed by atoms with E-state index in [4.69, 9.17) is 4.74 Å². The van der Waals surface area contributed by atoms with Crippen LogP contribution in [0.4, 0.5) is 11.4 Å². The molecule has 2 N–H and O–H groups in total. The zero-order valence-corrected chi connectivity index (χ0v) is 20.0. The van der Waals surface area contributed by atoms with E-state index in [-0.39, 0.29) is 29.2 Å². The van der Waals surface area contributed by atoms with Crippen LogP contribution in [0, 0.1) is 6.92 Å². The summed E-state index contributed by atoms with van der Waals surface area (Å²) in [4.78, 5) is 41.4. The Bertz CT molecular complexity index is 988. The molecule has 9 heteroatoms. The van der Waals surface area contributed by atoms with E-state index in [1.807, 2.05) is 43.1 Å². The van der Waals surface area contributed by atoms with E-state index in [1.165, 1.54) is 18.9 Å². The van der Waals surface area contributed by atoms with Crippen LogP contribution in [0.15, 0.2) is 42.5 Å². The van der Waals surface area contributed by atoms with Crippen molar-refractivity contribution < 1.29 is 19.1 Å². The number of amides is 3. The molecule has 3 rings (SSSR count). The zero-order valence-electron chi connectivity index (χ0n) is 19.2. The third-order valence-corrected chi connectivity index (χ3v) is 6.25. The molecule has 8 nitrogen and oxygen atoms in total. The van der Waals surface area contributed by atoms with Gasteiger partial charge in [0.05, 0.1) is 24.3 Å². The first kappa shape index (κ1) is 24.6. The summed E-state index contributed by atoms with van der Waals surface area (Å²) in [6.07, 6.45) is 0. The van der Waals surface area contributed by atoms with Gasteiger partial charge in [-0.1, -0.05) is 17.7 Å². The number of likely N-dealkylation sites (N-methyl/N-ethyl adjacent to an activating group) is 1. The monoisotopic (exact) mass is 470 g/mol. The molecular weight excluding hydrogens is 440 g/mol. The molecule has 1 saturated heterocycles. The standard InChI is InChI=1S/C24H30N4O4S/c1-17-4-7-19(8-5-17)25-22(29)15-33-16-23(30)26-20-14-18(6-9-21(20)32-3)24(31)28-12-10-27(2)11-13-28/h4-9,14H,10-13,15-16H2,1-3H3,(H,25,29)(H,26,30). The van der Waals surface area contributed by atoms with Gasteiger partial charge in [0, 0.05) is 37.4 Å². The summed E-state index contributed by atoms with van der Waals surface area (Å²) in [6, 6.07) is 12.6. The molecule has 2 aromatic carbocycles. The number of hydrogen-bond donors (Lipinski definition) is 2. The molecule has 33 heavy (non-hydrogen) atoms. The number of thioether (sulfide) groups is 1. The van der Waals surface area contributed by atoms with Gasteiger partial charge in [-0.05, 0) is 44.3 Å².